The van der Waals surface area contributed by atoms with Crippen molar-refractivity contribution in [2.24, 2.45) is 0 Å². The molecule has 0 aliphatic heterocycles. The maximum absolute atomic E-state index is 13.0. The molecule has 0 N–H and O–H groups in total. The number of benzene rings is 2. The Bertz CT molecular complexity index is 698. The minimum Gasteiger partial charge on any atom is -0.481 e. The summed E-state index contributed by atoms with van der Waals surface area (Å²) in [5.74, 6) is 0.275. The third-order valence-electron chi connectivity index (χ3n) is 4.01. The van der Waals surface area contributed by atoms with Crippen molar-refractivity contribution in [3.8, 4) is 5.75 Å². The van der Waals surface area contributed by atoms with Gasteiger partial charge in [0.25, 0.3) is 5.91 Å². The van der Waals surface area contributed by atoms with Crippen LogP contribution in [0.3, 0.4) is 0 Å². The second kappa shape index (κ2) is 7.22. The second-order valence-corrected chi connectivity index (χ2v) is 6.47. The van der Waals surface area contributed by atoms with Crippen LogP contribution in [0.25, 0.3) is 0 Å². The molecular weight excluding hydrogens is 329 g/mol. The molecule has 0 radical (unpaired) electrons. The SMILES string of the molecule is CC(Oc1ccc(Cl)cc1)C(=O)N(Cc1ccc(F)cc1)C1CC1. The summed E-state index contributed by atoms with van der Waals surface area (Å²) in [6.45, 7) is 2.22. The molecule has 2 aromatic rings. The van der Waals surface area contributed by atoms with Gasteiger partial charge in [-0.15, -0.1) is 0 Å². The molecule has 1 saturated carbocycles. The average Bonchev–Trinajstić information content (AvgIpc) is 3.40. The third-order valence-corrected chi connectivity index (χ3v) is 4.26. The van der Waals surface area contributed by atoms with E-state index in [9.17, 15) is 9.18 Å². The van der Waals surface area contributed by atoms with Gasteiger partial charge in [-0.2, -0.15) is 0 Å². The summed E-state index contributed by atoms with van der Waals surface area (Å²) in [7, 11) is 0. The van der Waals surface area contributed by atoms with Crippen molar-refractivity contribution in [3.63, 3.8) is 0 Å². The zero-order valence-electron chi connectivity index (χ0n) is 13.4. The zero-order valence-corrected chi connectivity index (χ0v) is 14.2. The van der Waals surface area contributed by atoms with E-state index in [1.165, 1.54) is 12.1 Å². The molecule has 0 heterocycles. The number of amides is 1. The summed E-state index contributed by atoms with van der Waals surface area (Å²) in [6, 6.07) is 13.4. The molecular formula is C19H19ClFNO2. The molecule has 5 heteroatoms. The van der Waals surface area contributed by atoms with E-state index in [2.05, 4.69) is 0 Å². The van der Waals surface area contributed by atoms with Gasteiger partial charge in [-0.05, 0) is 61.7 Å². The number of carbonyl (C=O) groups excluding carboxylic acids is 1. The maximum Gasteiger partial charge on any atom is 0.263 e. The van der Waals surface area contributed by atoms with E-state index < -0.39 is 6.10 Å². The molecule has 1 atom stereocenters. The van der Waals surface area contributed by atoms with Gasteiger partial charge >= 0.3 is 0 Å². The quantitative estimate of drug-likeness (QED) is 0.773. The van der Waals surface area contributed by atoms with Gasteiger partial charge in [0.2, 0.25) is 0 Å². The Balaban J connectivity index is 1.67. The van der Waals surface area contributed by atoms with Crippen LogP contribution in [-0.2, 0) is 11.3 Å². The van der Waals surface area contributed by atoms with Gasteiger partial charge in [-0.3, -0.25) is 4.79 Å². The predicted molar refractivity (Wildman–Crippen MR) is 91.5 cm³/mol. The predicted octanol–water partition coefficient (Wildman–Crippen LogP) is 4.44. The van der Waals surface area contributed by atoms with E-state index in [0.29, 0.717) is 17.3 Å². The molecule has 126 valence electrons. The Kier molecular flexibility index (Phi) is 5.05. The van der Waals surface area contributed by atoms with E-state index in [1.807, 2.05) is 4.90 Å². The van der Waals surface area contributed by atoms with Gasteiger partial charge in [-0.25, -0.2) is 4.39 Å². The fourth-order valence-electron chi connectivity index (χ4n) is 2.56. The lowest BCUT2D eigenvalue weighted by molar-refractivity contribution is -0.139. The van der Waals surface area contributed by atoms with Crippen LogP contribution in [0, 0.1) is 5.82 Å². The number of halogens is 2. The molecule has 0 bridgehead atoms. The number of nitrogens with zero attached hydrogens (tertiary/aromatic N) is 1. The van der Waals surface area contributed by atoms with Crippen LogP contribution in [0.1, 0.15) is 25.3 Å². The van der Waals surface area contributed by atoms with Gasteiger partial charge in [0, 0.05) is 17.6 Å². The van der Waals surface area contributed by atoms with E-state index in [1.54, 1.807) is 43.3 Å². The van der Waals surface area contributed by atoms with Gasteiger partial charge in [0.1, 0.15) is 11.6 Å². The highest BCUT2D eigenvalue weighted by Crippen LogP contribution is 2.29. The van der Waals surface area contributed by atoms with E-state index in [-0.39, 0.29) is 17.8 Å². The van der Waals surface area contributed by atoms with Crippen molar-refractivity contribution >= 4 is 17.5 Å². The average molecular weight is 348 g/mol. The lowest BCUT2D eigenvalue weighted by Gasteiger charge is -2.26. The van der Waals surface area contributed by atoms with Crippen molar-refractivity contribution in [1.29, 1.82) is 0 Å². The Morgan fingerprint density at radius 3 is 2.42 bits per heavy atom. The number of hydrogen-bond donors (Lipinski definition) is 0. The van der Waals surface area contributed by atoms with Gasteiger partial charge in [-0.1, -0.05) is 23.7 Å². The molecule has 2 aromatic carbocycles. The van der Waals surface area contributed by atoms with Gasteiger partial charge < -0.3 is 9.64 Å². The molecule has 3 nitrogen and oxygen atoms in total. The first-order valence-electron chi connectivity index (χ1n) is 8.00. The molecule has 1 aliphatic rings. The Morgan fingerprint density at radius 2 is 1.83 bits per heavy atom. The summed E-state index contributed by atoms with van der Waals surface area (Å²) in [5, 5.41) is 0.622. The number of hydrogen-bond acceptors (Lipinski definition) is 2. The zero-order chi connectivity index (χ0) is 17.1. The summed E-state index contributed by atoms with van der Waals surface area (Å²) < 4.78 is 18.8. The second-order valence-electron chi connectivity index (χ2n) is 6.04. The summed E-state index contributed by atoms with van der Waals surface area (Å²) >= 11 is 5.86. The van der Waals surface area contributed by atoms with Crippen LogP contribution in [0.15, 0.2) is 48.5 Å². The first kappa shape index (κ1) is 16.8. The van der Waals surface area contributed by atoms with Crippen LogP contribution in [0.4, 0.5) is 4.39 Å². The van der Waals surface area contributed by atoms with Gasteiger partial charge in [0.15, 0.2) is 6.10 Å². The third kappa shape index (κ3) is 4.26. The summed E-state index contributed by atoms with van der Waals surface area (Å²) in [5.41, 5.74) is 0.912. The van der Waals surface area contributed by atoms with Crippen molar-refractivity contribution in [1.82, 2.24) is 4.90 Å². The Morgan fingerprint density at radius 1 is 1.21 bits per heavy atom. The van der Waals surface area contributed by atoms with Crippen LogP contribution in [-0.4, -0.2) is 23.0 Å². The molecule has 1 fully saturated rings. The fourth-order valence-corrected chi connectivity index (χ4v) is 2.69. The molecule has 3 rings (SSSR count). The molecule has 1 unspecified atom stereocenters. The molecule has 0 aromatic heterocycles. The van der Waals surface area contributed by atoms with Crippen LogP contribution in [0.2, 0.25) is 5.02 Å². The minimum atomic E-state index is -0.591. The molecule has 1 aliphatic carbocycles. The van der Waals surface area contributed by atoms with E-state index >= 15 is 0 Å². The highest BCUT2D eigenvalue weighted by atomic mass is 35.5. The fraction of sp³-hybridized carbons (Fsp3) is 0.316. The molecule has 0 saturated heterocycles. The molecule has 0 spiro atoms. The van der Waals surface area contributed by atoms with Crippen LogP contribution < -0.4 is 4.74 Å². The van der Waals surface area contributed by atoms with Crippen molar-refractivity contribution < 1.29 is 13.9 Å². The van der Waals surface area contributed by atoms with E-state index in [0.717, 1.165) is 18.4 Å². The number of rotatable bonds is 6. The Labute approximate surface area is 146 Å². The van der Waals surface area contributed by atoms with Crippen molar-refractivity contribution in [2.75, 3.05) is 0 Å². The lowest BCUT2D eigenvalue weighted by Crippen LogP contribution is -2.41. The standard InChI is InChI=1S/C19H19ClFNO2/c1-13(24-18-10-4-15(20)5-11-18)19(23)22(17-8-9-17)12-14-2-6-16(21)7-3-14/h2-7,10-11,13,17H,8-9,12H2,1H3. The van der Waals surface area contributed by atoms with Crippen LogP contribution >= 0.6 is 11.6 Å². The summed E-state index contributed by atoms with van der Waals surface area (Å²) in [4.78, 5) is 14.6. The first-order valence-corrected chi connectivity index (χ1v) is 8.38. The lowest BCUT2D eigenvalue weighted by atomic mass is 10.2. The molecule has 24 heavy (non-hydrogen) atoms. The number of ether oxygens (including phenoxy) is 1. The normalized spacial score (nSPS) is 15.0. The maximum atomic E-state index is 13.0. The highest BCUT2D eigenvalue weighted by molar-refractivity contribution is 6.30. The Hall–Kier alpha value is -2.07. The number of carbonyl (C=O) groups is 1. The topological polar surface area (TPSA) is 29.5 Å². The first-order chi connectivity index (χ1) is 11.5. The van der Waals surface area contributed by atoms with Crippen molar-refractivity contribution in [2.45, 2.75) is 38.5 Å². The van der Waals surface area contributed by atoms with E-state index in [4.69, 9.17) is 16.3 Å². The monoisotopic (exact) mass is 347 g/mol. The smallest absolute Gasteiger partial charge is 0.263 e. The van der Waals surface area contributed by atoms with Crippen molar-refractivity contribution in [3.05, 3.63) is 64.9 Å². The minimum absolute atomic E-state index is 0.0585. The summed E-state index contributed by atoms with van der Waals surface area (Å²) in [6.07, 6.45) is 1.41. The van der Waals surface area contributed by atoms with Gasteiger partial charge in [0.05, 0.1) is 0 Å². The van der Waals surface area contributed by atoms with Crippen LogP contribution in [0.5, 0.6) is 5.75 Å². The highest BCUT2D eigenvalue weighted by Gasteiger charge is 2.35. The largest absolute Gasteiger partial charge is 0.481 e. The molecule has 1 amide bonds.